The van der Waals surface area contributed by atoms with Crippen molar-refractivity contribution >= 4 is 5.97 Å². The third-order valence-electron chi connectivity index (χ3n) is 7.75. The van der Waals surface area contributed by atoms with Crippen molar-refractivity contribution in [1.82, 2.24) is 0 Å². The molecule has 0 N–H and O–H groups in total. The maximum Gasteiger partial charge on any atom is 0.306 e. The maximum absolute atomic E-state index is 12.0. The summed E-state index contributed by atoms with van der Waals surface area (Å²) in [6.45, 7) is 13.8. The molecule has 0 fully saturated rings. The molecule has 224 valence electrons. The number of allylic oxidation sites excluding steroid dienone is 13. The van der Waals surface area contributed by atoms with E-state index in [-0.39, 0.29) is 11.4 Å². The number of carbonyl (C=O) groups excluding carboxylic acids is 1. The number of carbonyl (C=O) groups is 1. The molecule has 0 aromatic carbocycles. The van der Waals surface area contributed by atoms with Gasteiger partial charge < -0.3 is 4.74 Å². The number of unbranched alkanes of at least 4 members (excludes halogenated alkanes) is 8. The zero-order chi connectivity index (χ0) is 29.5. The van der Waals surface area contributed by atoms with E-state index in [9.17, 15) is 4.79 Å². The SMILES string of the molecule is CCCCCC=CCC=CCCCCCCCC(=O)OCC=C(C)C=CC=C(C)C=CC1=C(C)CCCC1(C)C. The van der Waals surface area contributed by atoms with Crippen LogP contribution in [-0.4, -0.2) is 12.6 Å². The van der Waals surface area contributed by atoms with Crippen molar-refractivity contribution in [3.63, 3.8) is 0 Å². The Balaban J connectivity index is 2.14. The molecule has 0 saturated heterocycles. The van der Waals surface area contributed by atoms with Gasteiger partial charge in [-0.2, -0.15) is 0 Å². The van der Waals surface area contributed by atoms with Crippen molar-refractivity contribution in [2.24, 2.45) is 5.41 Å². The summed E-state index contributed by atoms with van der Waals surface area (Å²) in [5.41, 5.74) is 5.63. The highest BCUT2D eigenvalue weighted by molar-refractivity contribution is 5.69. The second-order valence-corrected chi connectivity index (χ2v) is 12.1. The van der Waals surface area contributed by atoms with Gasteiger partial charge in [-0.05, 0) is 95.6 Å². The van der Waals surface area contributed by atoms with Gasteiger partial charge in [-0.25, -0.2) is 0 Å². The molecule has 0 aliphatic heterocycles. The highest BCUT2D eigenvalue weighted by atomic mass is 16.5. The first-order valence-electron chi connectivity index (χ1n) is 16.1. The summed E-state index contributed by atoms with van der Waals surface area (Å²) in [5.74, 6) is -0.0881. The maximum atomic E-state index is 12.0. The molecular weight excluding hydrogens is 488 g/mol. The van der Waals surface area contributed by atoms with Gasteiger partial charge in [0.2, 0.25) is 0 Å². The first-order valence-corrected chi connectivity index (χ1v) is 16.1. The van der Waals surface area contributed by atoms with E-state index in [1.165, 1.54) is 80.9 Å². The van der Waals surface area contributed by atoms with Crippen LogP contribution < -0.4 is 0 Å². The fourth-order valence-electron chi connectivity index (χ4n) is 5.12. The standard InChI is InChI=1S/C38H60O2/c1-7-8-9-10-11-12-13-14-15-16-17-18-19-20-21-27-37(39)40-32-30-34(3)25-22-24-33(2)28-29-36-35(4)26-23-31-38(36,5)6/h11-12,14-15,22,24-25,28-30H,7-10,13,16-21,23,26-27,31-32H2,1-6H3. The Labute approximate surface area is 248 Å². The van der Waals surface area contributed by atoms with Gasteiger partial charge in [-0.15, -0.1) is 0 Å². The fraction of sp³-hybridized carbons (Fsp3) is 0.605. The van der Waals surface area contributed by atoms with Gasteiger partial charge in [0.25, 0.3) is 0 Å². The molecule has 0 aromatic heterocycles. The summed E-state index contributed by atoms with van der Waals surface area (Å²) in [4.78, 5) is 12.0. The summed E-state index contributed by atoms with van der Waals surface area (Å²) in [5, 5.41) is 0. The van der Waals surface area contributed by atoms with Crippen LogP contribution >= 0.6 is 0 Å². The van der Waals surface area contributed by atoms with E-state index < -0.39 is 0 Å². The van der Waals surface area contributed by atoms with E-state index in [1.54, 1.807) is 0 Å². The van der Waals surface area contributed by atoms with Gasteiger partial charge in [0.1, 0.15) is 6.61 Å². The Kier molecular flexibility index (Phi) is 19.9. The lowest BCUT2D eigenvalue weighted by Crippen LogP contribution is -2.19. The van der Waals surface area contributed by atoms with E-state index in [4.69, 9.17) is 4.74 Å². The van der Waals surface area contributed by atoms with Gasteiger partial charge in [-0.3, -0.25) is 4.79 Å². The molecule has 0 bridgehead atoms. The minimum atomic E-state index is -0.0881. The number of hydrogen-bond donors (Lipinski definition) is 0. The summed E-state index contributed by atoms with van der Waals surface area (Å²) in [6.07, 6.45) is 39.4. The molecule has 0 atom stereocenters. The molecule has 0 unspecified atom stereocenters. The van der Waals surface area contributed by atoms with Crippen LogP contribution in [0.4, 0.5) is 0 Å². The van der Waals surface area contributed by atoms with Gasteiger partial charge in [0.05, 0.1) is 0 Å². The molecule has 40 heavy (non-hydrogen) atoms. The molecule has 0 spiro atoms. The Morgan fingerprint density at radius 1 is 0.875 bits per heavy atom. The Bertz CT molecular complexity index is 917. The number of hydrogen-bond acceptors (Lipinski definition) is 2. The van der Waals surface area contributed by atoms with E-state index in [1.807, 2.05) is 13.0 Å². The van der Waals surface area contributed by atoms with Crippen LogP contribution in [0.25, 0.3) is 0 Å². The average molecular weight is 549 g/mol. The van der Waals surface area contributed by atoms with Crippen LogP contribution in [0.3, 0.4) is 0 Å². The van der Waals surface area contributed by atoms with Crippen molar-refractivity contribution in [2.45, 2.75) is 138 Å². The summed E-state index contributed by atoms with van der Waals surface area (Å²) in [6, 6.07) is 0. The molecule has 1 aliphatic rings. The topological polar surface area (TPSA) is 26.3 Å². The Morgan fingerprint density at radius 2 is 1.55 bits per heavy atom. The zero-order valence-electron chi connectivity index (χ0n) is 26.9. The normalized spacial score (nSPS) is 16.9. The quantitative estimate of drug-likeness (QED) is 0.0654. The van der Waals surface area contributed by atoms with E-state index in [0.29, 0.717) is 13.0 Å². The van der Waals surface area contributed by atoms with Gasteiger partial charge in [0.15, 0.2) is 0 Å². The van der Waals surface area contributed by atoms with Gasteiger partial charge in [0, 0.05) is 6.42 Å². The van der Waals surface area contributed by atoms with Crippen LogP contribution in [0.1, 0.15) is 138 Å². The molecular formula is C38H60O2. The zero-order valence-corrected chi connectivity index (χ0v) is 26.9. The van der Waals surface area contributed by atoms with Crippen molar-refractivity contribution in [2.75, 3.05) is 6.61 Å². The van der Waals surface area contributed by atoms with Crippen molar-refractivity contribution in [1.29, 1.82) is 0 Å². The van der Waals surface area contributed by atoms with E-state index in [2.05, 4.69) is 89.3 Å². The van der Waals surface area contributed by atoms with E-state index >= 15 is 0 Å². The van der Waals surface area contributed by atoms with Crippen molar-refractivity contribution in [3.05, 3.63) is 83.1 Å². The molecule has 1 aliphatic carbocycles. The molecule has 2 heteroatoms. The monoisotopic (exact) mass is 548 g/mol. The van der Waals surface area contributed by atoms with Crippen molar-refractivity contribution < 1.29 is 9.53 Å². The van der Waals surface area contributed by atoms with Crippen LogP contribution in [0.5, 0.6) is 0 Å². The second kappa shape index (κ2) is 22.4. The van der Waals surface area contributed by atoms with Crippen LogP contribution in [0.15, 0.2) is 83.1 Å². The number of ether oxygens (including phenoxy) is 1. The lowest BCUT2D eigenvalue weighted by Gasteiger charge is -2.32. The average Bonchev–Trinajstić information content (AvgIpc) is 2.90. The second-order valence-electron chi connectivity index (χ2n) is 12.1. The first kappa shape index (κ1) is 35.7. The van der Waals surface area contributed by atoms with Crippen LogP contribution in [-0.2, 0) is 9.53 Å². The predicted molar refractivity (Wildman–Crippen MR) is 176 cm³/mol. The minimum Gasteiger partial charge on any atom is -0.461 e. The van der Waals surface area contributed by atoms with Gasteiger partial charge in [-0.1, -0.05) is 124 Å². The van der Waals surface area contributed by atoms with Crippen LogP contribution in [0.2, 0.25) is 0 Å². The third kappa shape index (κ3) is 18.1. The summed E-state index contributed by atoms with van der Waals surface area (Å²) < 4.78 is 5.40. The largest absolute Gasteiger partial charge is 0.461 e. The number of rotatable bonds is 20. The molecule has 2 nitrogen and oxygen atoms in total. The molecule has 0 amide bonds. The minimum absolute atomic E-state index is 0.0881. The Morgan fingerprint density at radius 3 is 2.25 bits per heavy atom. The fourth-order valence-corrected chi connectivity index (χ4v) is 5.12. The Hall–Kier alpha value is -2.35. The van der Waals surface area contributed by atoms with Crippen molar-refractivity contribution in [3.8, 4) is 0 Å². The smallest absolute Gasteiger partial charge is 0.306 e. The molecule has 0 aromatic rings. The van der Waals surface area contributed by atoms with Gasteiger partial charge >= 0.3 is 5.97 Å². The molecule has 0 heterocycles. The highest BCUT2D eigenvalue weighted by Gasteiger charge is 2.26. The highest BCUT2D eigenvalue weighted by Crippen LogP contribution is 2.40. The lowest BCUT2D eigenvalue weighted by molar-refractivity contribution is -0.142. The third-order valence-corrected chi connectivity index (χ3v) is 7.75. The first-order chi connectivity index (χ1) is 19.3. The van der Waals surface area contributed by atoms with E-state index in [0.717, 1.165) is 31.3 Å². The lowest BCUT2D eigenvalue weighted by atomic mass is 9.72. The molecule has 1 rings (SSSR count). The van der Waals surface area contributed by atoms with Crippen LogP contribution in [0, 0.1) is 5.41 Å². The molecule has 0 saturated carbocycles. The number of esters is 1. The molecule has 0 radical (unpaired) electrons. The summed E-state index contributed by atoms with van der Waals surface area (Å²) in [7, 11) is 0. The summed E-state index contributed by atoms with van der Waals surface area (Å²) >= 11 is 0. The predicted octanol–water partition coefficient (Wildman–Crippen LogP) is 11.9.